The third kappa shape index (κ3) is 4.55. The van der Waals surface area contributed by atoms with E-state index in [-0.39, 0.29) is 5.69 Å². The predicted octanol–water partition coefficient (Wildman–Crippen LogP) is 3.19. The molecule has 0 unspecified atom stereocenters. The van der Waals surface area contributed by atoms with E-state index in [4.69, 9.17) is 0 Å². The molecule has 0 atom stereocenters. The van der Waals surface area contributed by atoms with Gasteiger partial charge < -0.3 is 4.90 Å². The van der Waals surface area contributed by atoms with E-state index in [1.807, 2.05) is 0 Å². The Kier molecular flexibility index (Phi) is 6.59. The molecule has 1 heterocycles. The molecule has 0 bridgehead atoms. The lowest BCUT2D eigenvalue weighted by atomic mass is 10.4. The van der Waals surface area contributed by atoms with Crippen LogP contribution >= 0.6 is 27.7 Å². The van der Waals surface area contributed by atoms with Crippen molar-refractivity contribution in [1.82, 2.24) is 9.88 Å². The number of rotatable bonds is 7. The molecular weight excluding hydrogens is 318 g/mol. The minimum atomic E-state index is -0.391. The Morgan fingerprint density at radius 2 is 2.17 bits per heavy atom. The molecule has 5 nitrogen and oxygen atoms in total. The molecule has 0 spiro atoms. The smallest absolute Gasteiger partial charge is 0.302 e. The number of nitro groups is 1. The van der Waals surface area contributed by atoms with Gasteiger partial charge in [-0.1, -0.05) is 25.6 Å². The van der Waals surface area contributed by atoms with Gasteiger partial charge in [0.2, 0.25) is 0 Å². The van der Waals surface area contributed by atoms with Gasteiger partial charge in [-0.05, 0) is 29.0 Å². The van der Waals surface area contributed by atoms with E-state index in [9.17, 15) is 10.1 Å². The third-order valence-corrected chi connectivity index (χ3v) is 3.94. The molecule has 100 valence electrons. The summed E-state index contributed by atoms with van der Waals surface area (Å²) in [4.78, 5) is 16.9. The molecule has 1 aromatic heterocycles. The maximum atomic E-state index is 10.9. The molecule has 0 radical (unpaired) electrons. The van der Waals surface area contributed by atoms with Gasteiger partial charge in [-0.25, -0.2) is 4.98 Å². The number of pyridine rings is 1. The van der Waals surface area contributed by atoms with E-state index >= 15 is 0 Å². The Bertz CT molecular complexity index is 413. The van der Waals surface area contributed by atoms with Crippen LogP contribution in [0.3, 0.4) is 0 Å². The van der Waals surface area contributed by atoms with Gasteiger partial charge in [0.1, 0.15) is 0 Å². The normalized spacial score (nSPS) is 10.9. The minimum absolute atomic E-state index is 0.0638. The zero-order valence-electron chi connectivity index (χ0n) is 10.4. The molecular formula is C11H16BrN3O2S. The van der Waals surface area contributed by atoms with Crippen LogP contribution in [0.1, 0.15) is 13.8 Å². The van der Waals surface area contributed by atoms with Crippen molar-refractivity contribution in [2.45, 2.75) is 18.9 Å². The van der Waals surface area contributed by atoms with Crippen LogP contribution in [0.2, 0.25) is 0 Å². The number of halogens is 1. The molecule has 18 heavy (non-hydrogen) atoms. The molecule has 1 rings (SSSR count). The first kappa shape index (κ1) is 15.4. The topological polar surface area (TPSA) is 59.3 Å². The fourth-order valence-electron chi connectivity index (χ4n) is 1.47. The van der Waals surface area contributed by atoms with Gasteiger partial charge in [-0.3, -0.25) is 10.1 Å². The Hall–Kier alpha value is -0.660. The lowest BCUT2D eigenvalue weighted by Gasteiger charge is -2.16. The molecule has 0 saturated carbocycles. The highest BCUT2D eigenvalue weighted by molar-refractivity contribution is 9.10. The van der Waals surface area contributed by atoms with Crippen LogP contribution in [-0.4, -0.2) is 40.2 Å². The maximum absolute atomic E-state index is 10.9. The minimum Gasteiger partial charge on any atom is -0.303 e. The van der Waals surface area contributed by atoms with Crippen LogP contribution in [0.4, 0.5) is 5.69 Å². The summed E-state index contributed by atoms with van der Waals surface area (Å²) in [5.74, 6) is 0.803. The van der Waals surface area contributed by atoms with Crippen molar-refractivity contribution in [1.29, 1.82) is 0 Å². The lowest BCUT2D eigenvalue weighted by Crippen LogP contribution is -2.25. The molecule has 0 aliphatic carbocycles. The molecule has 0 saturated heterocycles. The largest absolute Gasteiger partial charge is 0.303 e. The Morgan fingerprint density at radius 3 is 2.72 bits per heavy atom. The Labute approximate surface area is 119 Å². The van der Waals surface area contributed by atoms with E-state index in [2.05, 4.69) is 39.7 Å². The van der Waals surface area contributed by atoms with Gasteiger partial charge in [0.05, 0.1) is 4.92 Å². The van der Waals surface area contributed by atoms with Crippen molar-refractivity contribution >= 4 is 33.4 Å². The summed E-state index contributed by atoms with van der Waals surface area (Å²) < 4.78 is 0.627. The number of aromatic nitrogens is 1. The van der Waals surface area contributed by atoms with Crippen molar-refractivity contribution in [3.8, 4) is 0 Å². The first-order valence-electron chi connectivity index (χ1n) is 5.73. The van der Waals surface area contributed by atoms with Gasteiger partial charge in [0, 0.05) is 29.0 Å². The monoisotopic (exact) mass is 333 g/mol. The van der Waals surface area contributed by atoms with Crippen molar-refractivity contribution in [3.05, 3.63) is 26.9 Å². The second kappa shape index (κ2) is 7.70. The Morgan fingerprint density at radius 1 is 1.50 bits per heavy atom. The quantitative estimate of drug-likeness (QED) is 0.435. The van der Waals surface area contributed by atoms with Crippen molar-refractivity contribution < 1.29 is 4.92 Å². The summed E-state index contributed by atoms with van der Waals surface area (Å²) in [6.45, 7) is 7.11. The third-order valence-electron chi connectivity index (χ3n) is 2.54. The van der Waals surface area contributed by atoms with Crippen molar-refractivity contribution in [2.24, 2.45) is 0 Å². The fourth-order valence-corrected chi connectivity index (χ4v) is 2.74. The molecule has 7 heteroatoms. The zero-order chi connectivity index (χ0) is 13.5. The van der Waals surface area contributed by atoms with Crippen LogP contribution in [0.5, 0.6) is 0 Å². The highest BCUT2D eigenvalue weighted by Gasteiger charge is 2.16. The standard InChI is InChI=1S/C11H16BrN3O2S/c1-3-14(4-2)5-6-18-11-10(15(16)17)7-9(12)8-13-11/h7-8H,3-6H2,1-2H3. The van der Waals surface area contributed by atoms with Gasteiger partial charge in [-0.15, -0.1) is 0 Å². The van der Waals surface area contributed by atoms with Gasteiger partial charge >= 0.3 is 5.69 Å². The van der Waals surface area contributed by atoms with E-state index in [1.165, 1.54) is 17.8 Å². The fraction of sp³-hybridized carbons (Fsp3) is 0.545. The van der Waals surface area contributed by atoms with Crippen LogP contribution in [0, 0.1) is 10.1 Å². The summed E-state index contributed by atoms with van der Waals surface area (Å²) in [6.07, 6.45) is 1.59. The number of nitrogens with zero attached hydrogens (tertiary/aromatic N) is 3. The number of hydrogen-bond acceptors (Lipinski definition) is 5. The average Bonchev–Trinajstić information content (AvgIpc) is 2.36. The van der Waals surface area contributed by atoms with Crippen molar-refractivity contribution in [3.63, 3.8) is 0 Å². The van der Waals surface area contributed by atoms with Gasteiger partial charge in [-0.2, -0.15) is 0 Å². The summed E-state index contributed by atoms with van der Waals surface area (Å²) in [7, 11) is 0. The molecule has 0 amide bonds. The van der Waals surface area contributed by atoms with E-state index < -0.39 is 4.92 Å². The highest BCUT2D eigenvalue weighted by Crippen LogP contribution is 2.29. The van der Waals surface area contributed by atoms with E-state index in [1.54, 1.807) is 6.20 Å². The number of hydrogen-bond donors (Lipinski definition) is 0. The molecule has 1 aromatic rings. The van der Waals surface area contributed by atoms with Crippen molar-refractivity contribution in [2.75, 3.05) is 25.4 Å². The van der Waals surface area contributed by atoms with Crippen LogP contribution in [-0.2, 0) is 0 Å². The maximum Gasteiger partial charge on any atom is 0.302 e. The molecule has 0 aliphatic heterocycles. The zero-order valence-corrected chi connectivity index (χ0v) is 12.8. The van der Waals surface area contributed by atoms with Crippen LogP contribution < -0.4 is 0 Å². The predicted molar refractivity (Wildman–Crippen MR) is 77.1 cm³/mol. The first-order chi connectivity index (χ1) is 8.58. The highest BCUT2D eigenvalue weighted by atomic mass is 79.9. The van der Waals surface area contributed by atoms with Gasteiger partial charge in [0.25, 0.3) is 0 Å². The first-order valence-corrected chi connectivity index (χ1v) is 7.51. The second-order valence-electron chi connectivity index (χ2n) is 3.61. The Balaban J connectivity index is 2.64. The summed E-state index contributed by atoms with van der Waals surface area (Å²) in [5, 5.41) is 11.4. The second-order valence-corrected chi connectivity index (χ2v) is 5.61. The average molecular weight is 334 g/mol. The lowest BCUT2D eigenvalue weighted by molar-refractivity contribution is -0.388. The SMILES string of the molecule is CCN(CC)CCSc1ncc(Br)cc1[N+](=O)[O-]. The van der Waals surface area contributed by atoms with Gasteiger partial charge in [0.15, 0.2) is 5.03 Å². The molecule has 0 N–H and O–H groups in total. The van der Waals surface area contributed by atoms with Crippen LogP contribution in [0.25, 0.3) is 0 Å². The molecule has 0 aliphatic rings. The van der Waals surface area contributed by atoms with Crippen LogP contribution in [0.15, 0.2) is 21.8 Å². The van der Waals surface area contributed by atoms with E-state index in [0.717, 1.165) is 25.4 Å². The molecule has 0 fully saturated rings. The summed E-state index contributed by atoms with van der Waals surface area (Å²) in [6, 6.07) is 1.49. The van der Waals surface area contributed by atoms with E-state index in [0.29, 0.717) is 9.50 Å². The summed E-state index contributed by atoms with van der Waals surface area (Å²) in [5.41, 5.74) is 0.0638. The molecule has 0 aromatic carbocycles. The summed E-state index contributed by atoms with van der Waals surface area (Å²) >= 11 is 4.62. The number of thioether (sulfide) groups is 1.